The molecule has 0 radical (unpaired) electrons. The Morgan fingerprint density at radius 1 is 0.645 bits per heavy atom. The van der Waals surface area contributed by atoms with Crippen LogP contribution >= 0.6 is 0 Å². The van der Waals surface area contributed by atoms with Crippen LogP contribution in [0.15, 0.2) is 30.3 Å². The summed E-state index contributed by atoms with van der Waals surface area (Å²) in [5, 5.41) is 46.7. The highest BCUT2D eigenvalue weighted by Gasteiger charge is 2.37. The Labute approximate surface area is 444 Å². The second kappa shape index (κ2) is 32.9. The van der Waals surface area contributed by atoms with Crippen molar-refractivity contribution in [3.8, 4) is 0 Å². The molecule has 0 aliphatic carbocycles. The van der Waals surface area contributed by atoms with Crippen LogP contribution in [0.2, 0.25) is 0 Å². The van der Waals surface area contributed by atoms with Gasteiger partial charge < -0.3 is 92.0 Å². The van der Waals surface area contributed by atoms with Crippen LogP contribution in [0.1, 0.15) is 98.5 Å². The highest BCUT2D eigenvalue weighted by atomic mass is 16.3. The summed E-state index contributed by atoms with van der Waals surface area (Å²) in [7, 11) is 0. The van der Waals surface area contributed by atoms with E-state index in [1.807, 2.05) is 0 Å². The fraction of sp³-hybridized carbons (Fsp3) is 0.673. The van der Waals surface area contributed by atoms with Crippen molar-refractivity contribution in [2.75, 3.05) is 32.7 Å². The van der Waals surface area contributed by atoms with E-state index in [9.17, 15) is 58.2 Å². The quantitative estimate of drug-likeness (QED) is 0.0514. The molecule has 22 N–H and O–H groups in total. The van der Waals surface area contributed by atoms with Gasteiger partial charge in [0.25, 0.3) is 0 Å². The van der Waals surface area contributed by atoms with E-state index in [2.05, 4.69) is 53.2 Å². The number of carbonyl (C=O) groups is 10. The van der Waals surface area contributed by atoms with E-state index >= 15 is 0 Å². The zero-order valence-corrected chi connectivity index (χ0v) is 44.6. The monoisotopic (exact) mass is 1080 g/mol. The molecule has 2 rings (SSSR count). The first-order chi connectivity index (χ1) is 35.7. The lowest BCUT2D eigenvalue weighted by Gasteiger charge is -2.28. The molecule has 11 atom stereocenters. The number of amides is 10. The van der Waals surface area contributed by atoms with Crippen LogP contribution in [0, 0.1) is 5.92 Å². The molecular formula is C49H85N15O12. The SMILES string of the molecule is CC(C)C[C@@H]1NC(=O)[C@@H](Cc2ccccc2)NC(=O)[C@H](CCN)NC(=O)[C@@H](NC(=O)[C@H](CCN)NC(=O)[C@@H](NC(=O)CCC(C)(C)N)C(C)O)CCNC(=O)[C@H](C(C)O)NC(=O)[C@H](CCN)NC(=O)[C@H](CCN)NC1=O. The van der Waals surface area contributed by atoms with Gasteiger partial charge in [0.15, 0.2) is 0 Å². The van der Waals surface area contributed by atoms with Crippen molar-refractivity contribution in [3.63, 3.8) is 0 Å². The molecule has 27 heteroatoms. The molecule has 1 aliphatic heterocycles. The molecule has 76 heavy (non-hydrogen) atoms. The molecule has 1 aromatic rings. The van der Waals surface area contributed by atoms with Crippen molar-refractivity contribution in [2.45, 2.75) is 171 Å². The molecule has 428 valence electrons. The van der Waals surface area contributed by atoms with E-state index in [0.29, 0.717) is 5.56 Å². The Kier molecular flexibility index (Phi) is 28.5. The van der Waals surface area contributed by atoms with Gasteiger partial charge in [0.05, 0.1) is 12.2 Å². The van der Waals surface area contributed by atoms with E-state index in [0.717, 1.165) is 0 Å². The summed E-state index contributed by atoms with van der Waals surface area (Å²) in [6.07, 6.45) is -4.02. The summed E-state index contributed by atoms with van der Waals surface area (Å²) in [5.74, 6) is -9.04. The molecule has 10 amide bonds. The largest absolute Gasteiger partial charge is 0.391 e. The van der Waals surface area contributed by atoms with Crippen molar-refractivity contribution in [1.82, 2.24) is 53.2 Å². The minimum Gasteiger partial charge on any atom is -0.391 e. The second-order valence-corrected chi connectivity index (χ2v) is 20.1. The summed E-state index contributed by atoms with van der Waals surface area (Å²) in [4.78, 5) is 139. The van der Waals surface area contributed by atoms with Crippen molar-refractivity contribution in [2.24, 2.45) is 34.6 Å². The molecule has 1 fully saturated rings. The number of carbonyl (C=O) groups excluding carboxylic acids is 10. The number of hydrogen-bond donors (Lipinski definition) is 17. The minimum absolute atomic E-state index is 0.0574. The third-order valence-electron chi connectivity index (χ3n) is 12.1. The Morgan fingerprint density at radius 2 is 1.13 bits per heavy atom. The number of rotatable bonds is 22. The van der Waals surface area contributed by atoms with Gasteiger partial charge in [0, 0.05) is 24.9 Å². The lowest BCUT2D eigenvalue weighted by molar-refractivity contribution is -0.136. The van der Waals surface area contributed by atoms with E-state index in [4.69, 9.17) is 28.7 Å². The van der Waals surface area contributed by atoms with E-state index < -0.39 is 144 Å². The third-order valence-corrected chi connectivity index (χ3v) is 12.1. The predicted molar refractivity (Wildman–Crippen MR) is 280 cm³/mol. The van der Waals surface area contributed by atoms with Crippen molar-refractivity contribution >= 4 is 59.1 Å². The fourth-order valence-electron chi connectivity index (χ4n) is 7.86. The minimum atomic E-state index is -1.66. The van der Waals surface area contributed by atoms with Crippen molar-refractivity contribution in [3.05, 3.63) is 35.9 Å². The van der Waals surface area contributed by atoms with Crippen LogP contribution in [0.3, 0.4) is 0 Å². The van der Waals surface area contributed by atoms with Gasteiger partial charge in [-0.25, -0.2) is 0 Å². The van der Waals surface area contributed by atoms with Crippen LogP contribution in [-0.2, 0) is 54.4 Å². The van der Waals surface area contributed by atoms with Gasteiger partial charge in [-0.2, -0.15) is 0 Å². The summed E-state index contributed by atoms with van der Waals surface area (Å²) < 4.78 is 0. The number of hydrogen-bond acceptors (Lipinski definition) is 17. The molecule has 1 heterocycles. The Bertz CT molecular complexity index is 2090. The van der Waals surface area contributed by atoms with E-state index in [1.54, 1.807) is 58.0 Å². The van der Waals surface area contributed by atoms with Gasteiger partial charge in [-0.3, -0.25) is 47.9 Å². The van der Waals surface area contributed by atoms with Gasteiger partial charge in [0.1, 0.15) is 54.4 Å². The molecular weight excluding hydrogens is 991 g/mol. The van der Waals surface area contributed by atoms with Crippen LogP contribution in [0.5, 0.6) is 0 Å². The summed E-state index contributed by atoms with van der Waals surface area (Å²) in [6, 6.07) is -4.62. The fourth-order valence-corrected chi connectivity index (χ4v) is 7.86. The van der Waals surface area contributed by atoms with Gasteiger partial charge >= 0.3 is 0 Å². The smallest absolute Gasteiger partial charge is 0.245 e. The van der Waals surface area contributed by atoms with E-state index in [-0.39, 0.29) is 83.5 Å². The summed E-state index contributed by atoms with van der Waals surface area (Å²) in [6.45, 7) is 8.42. The van der Waals surface area contributed by atoms with Gasteiger partial charge in [-0.05, 0) is 110 Å². The Hall–Kier alpha value is -6.36. The average molecular weight is 1080 g/mol. The second-order valence-electron chi connectivity index (χ2n) is 20.1. The maximum atomic E-state index is 14.4. The molecule has 2 unspecified atom stereocenters. The average Bonchev–Trinajstić information content (AvgIpc) is 3.34. The van der Waals surface area contributed by atoms with Crippen LogP contribution in [0.4, 0.5) is 0 Å². The molecule has 1 saturated heterocycles. The molecule has 0 bridgehead atoms. The molecule has 1 aliphatic rings. The summed E-state index contributed by atoms with van der Waals surface area (Å²) in [5.41, 5.74) is 29.3. The molecule has 0 aromatic heterocycles. The van der Waals surface area contributed by atoms with Gasteiger partial charge in [-0.15, -0.1) is 0 Å². The topological polar surface area (TPSA) is 462 Å². The summed E-state index contributed by atoms with van der Waals surface area (Å²) >= 11 is 0. The molecule has 27 nitrogen and oxygen atoms in total. The number of benzene rings is 1. The number of nitrogens with one attached hydrogen (secondary N) is 10. The lowest BCUT2D eigenvalue weighted by Crippen LogP contribution is -2.61. The first-order valence-corrected chi connectivity index (χ1v) is 25.7. The Balaban J connectivity index is 2.73. The zero-order valence-electron chi connectivity index (χ0n) is 44.6. The Morgan fingerprint density at radius 3 is 1.62 bits per heavy atom. The number of aliphatic hydroxyl groups excluding tert-OH is 2. The molecule has 1 aromatic carbocycles. The zero-order chi connectivity index (χ0) is 57.3. The van der Waals surface area contributed by atoms with E-state index in [1.165, 1.54) is 13.8 Å². The first kappa shape index (κ1) is 65.8. The standard InChI is InChI=1S/C49H85N15O12/c1-26(2)24-35-45(73)58-30(13-19-50)40(68)57-33(16-22-53)44(72)64-38(27(3)65)47(75)55-23-17-34(43(71)56-31(14-20-51)42(70)62-36(46(74)61-35)25-29-10-8-7-9-11-29)59-41(69)32(15-21-52)60-48(76)39(28(4)66)63-37(67)12-18-49(5,6)54/h7-11,26-28,30-36,38-39,65-66H,12-25,50-54H2,1-6H3,(H,55,75)(H,56,71)(H,57,68)(H,58,73)(H,59,69)(H,60,76)(H,61,74)(H,62,70)(H,63,67)(H,64,72)/t27?,28?,30-,31-,32-,33-,34-,35-,36+,38-,39-/m0/s1. The van der Waals surface area contributed by atoms with Gasteiger partial charge in [-0.1, -0.05) is 44.2 Å². The third kappa shape index (κ3) is 23.3. The maximum absolute atomic E-state index is 14.4. The lowest BCUT2D eigenvalue weighted by atomic mass is 9.99. The van der Waals surface area contributed by atoms with Crippen LogP contribution < -0.4 is 81.8 Å². The molecule has 0 saturated carbocycles. The van der Waals surface area contributed by atoms with Crippen LogP contribution in [0.25, 0.3) is 0 Å². The number of aliphatic hydroxyl groups is 2. The van der Waals surface area contributed by atoms with Crippen molar-refractivity contribution < 1.29 is 58.2 Å². The van der Waals surface area contributed by atoms with Crippen LogP contribution in [-0.4, -0.2) is 174 Å². The first-order valence-electron chi connectivity index (χ1n) is 25.7. The molecule has 0 spiro atoms. The normalized spacial score (nSPS) is 23.7. The van der Waals surface area contributed by atoms with Gasteiger partial charge in [0.2, 0.25) is 59.1 Å². The van der Waals surface area contributed by atoms with Crippen molar-refractivity contribution in [1.29, 1.82) is 0 Å². The number of nitrogens with two attached hydrogens (primary N) is 5. The highest BCUT2D eigenvalue weighted by molar-refractivity contribution is 5.99. The highest BCUT2D eigenvalue weighted by Crippen LogP contribution is 2.12. The maximum Gasteiger partial charge on any atom is 0.245 e. The predicted octanol–water partition coefficient (Wildman–Crippen LogP) is -6.17.